The van der Waals surface area contributed by atoms with E-state index in [0.29, 0.717) is 11.6 Å². The maximum absolute atomic E-state index is 4.63. The van der Waals surface area contributed by atoms with E-state index in [9.17, 15) is 0 Å². The Morgan fingerprint density at radius 3 is 2.43 bits per heavy atom. The van der Waals surface area contributed by atoms with Gasteiger partial charge in [0.1, 0.15) is 5.52 Å². The van der Waals surface area contributed by atoms with Crippen molar-refractivity contribution in [2.75, 3.05) is 17.2 Å². The Morgan fingerprint density at radius 1 is 1.10 bits per heavy atom. The molecule has 2 rings (SSSR count). The first-order chi connectivity index (χ1) is 10.2. The van der Waals surface area contributed by atoms with Crippen molar-refractivity contribution in [3.8, 4) is 0 Å². The number of aromatic nitrogens is 4. The quantitative estimate of drug-likeness (QED) is 0.693. The third kappa shape index (κ3) is 3.25. The number of fused-ring (bicyclic) bond motifs is 1. The third-order valence-corrected chi connectivity index (χ3v) is 4.23. The summed E-state index contributed by atoms with van der Waals surface area (Å²) < 4.78 is 0. The molecule has 2 aromatic heterocycles. The minimum absolute atomic E-state index is 0.0639. The van der Waals surface area contributed by atoms with E-state index in [1.807, 2.05) is 0 Å². The molecule has 21 heavy (non-hydrogen) atoms. The zero-order valence-corrected chi connectivity index (χ0v) is 13.5. The van der Waals surface area contributed by atoms with Gasteiger partial charge in [0.2, 0.25) is 5.95 Å². The highest BCUT2D eigenvalue weighted by atomic mass is 15.2. The number of anilines is 2. The second-order valence-corrected chi connectivity index (χ2v) is 5.39. The van der Waals surface area contributed by atoms with Crippen molar-refractivity contribution in [1.29, 1.82) is 0 Å². The first-order valence-corrected chi connectivity index (χ1v) is 7.91. The predicted molar refractivity (Wildman–Crippen MR) is 87.7 cm³/mol. The SMILES string of the molecule is CCCNc1nc(NC(CC)(CC)CC)c2[nH]cnc2n1. The van der Waals surface area contributed by atoms with Crippen molar-refractivity contribution < 1.29 is 0 Å². The first kappa shape index (κ1) is 15.5. The molecular formula is C15H26N6. The van der Waals surface area contributed by atoms with Crippen molar-refractivity contribution >= 4 is 22.9 Å². The van der Waals surface area contributed by atoms with Crippen LogP contribution in [-0.4, -0.2) is 32.0 Å². The topological polar surface area (TPSA) is 78.5 Å². The number of aromatic amines is 1. The van der Waals surface area contributed by atoms with Crippen molar-refractivity contribution in [2.24, 2.45) is 0 Å². The van der Waals surface area contributed by atoms with E-state index in [0.717, 1.165) is 43.6 Å². The molecule has 3 N–H and O–H groups in total. The van der Waals surface area contributed by atoms with Gasteiger partial charge in [-0.15, -0.1) is 0 Å². The number of H-pyrrole nitrogens is 1. The summed E-state index contributed by atoms with van der Waals surface area (Å²) in [6.07, 6.45) is 5.86. The molecular weight excluding hydrogens is 264 g/mol. The van der Waals surface area contributed by atoms with Crippen molar-refractivity contribution in [1.82, 2.24) is 19.9 Å². The summed E-state index contributed by atoms with van der Waals surface area (Å²) in [7, 11) is 0. The largest absolute Gasteiger partial charge is 0.363 e. The number of imidazole rings is 1. The number of nitrogens with one attached hydrogen (secondary N) is 3. The lowest BCUT2D eigenvalue weighted by atomic mass is 9.90. The van der Waals surface area contributed by atoms with Gasteiger partial charge in [-0.1, -0.05) is 27.7 Å². The monoisotopic (exact) mass is 290 g/mol. The number of hydrogen-bond donors (Lipinski definition) is 3. The van der Waals surface area contributed by atoms with Crippen LogP contribution in [-0.2, 0) is 0 Å². The molecule has 2 heterocycles. The van der Waals surface area contributed by atoms with Gasteiger partial charge in [0, 0.05) is 12.1 Å². The standard InChI is InChI=1S/C15H26N6/c1-5-9-16-14-19-12-11(17-10-18-12)13(20-14)21-15(6-2,7-3)8-4/h10H,5-9H2,1-4H3,(H3,16,17,18,19,20,21). The molecule has 0 fully saturated rings. The highest BCUT2D eigenvalue weighted by Crippen LogP contribution is 2.28. The van der Waals surface area contributed by atoms with Crippen LogP contribution in [0, 0.1) is 0 Å². The molecule has 0 saturated carbocycles. The molecule has 0 spiro atoms. The van der Waals surface area contributed by atoms with Gasteiger partial charge in [-0.2, -0.15) is 9.97 Å². The number of hydrogen-bond acceptors (Lipinski definition) is 5. The van der Waals surface area contributed by atoms with Crippen molar-refractivity contribution in [2.45, 2.75) is 58.9 Å². The van der Waals surface area contributed by atoms with Gasteiger partial charge < -0.3 is 15.6 Å². The molecule has 0 unspecified atom stereocenters. The van der Waals surface area contributed by atoms with Crippen LogP contribution < -0.4 is 10.6 Å². The summed E-state index contributed by atoms with van der Waals surface area (Å²) in [6, 6.07) is 0. The lowest BCUT2D eigenvalue weighted by Crippen LogP contribution is -2.36. The van der Waals surface area contributed by atoms with E-state index in [2.05, 4.69) is 58.3 Å². The zero-order chi connectivity index (χ0) is 15.3. The van der Waals surface area contributed by atoms with Gasteiger partial charge in [0.25, 0.3) is 0 Å². The lowest BCUT2D eigenvalue weighted by Gasteiger charge is -2.32. The van der Waals surface area contributed by atoms with Gasteiger partial charge in [0.05, 0.1) is 6.33 Å². The molecule has 0 atom stereocenters. The number of rotatable bonds is 8. The van der Waals surface area contributed by atoms with Crippen LogP contribution in [0.1, 0.15) is 53.4 Å². The van der Waals surface area contributed by atoms with Crippen LogP contribution >= 0.6 is 0 Å². The van der Waals surface area contributed by atoms with Crippen molar-refractivity contribution in [3.63, 3.8) is 0 Å². The molecule has 6 nitrogen and oxygen atoms in total. The molecule has 0 aliphatic carbocycles. The van der Waals surface area contributed by atoms with Crippen molar-refractivity contribution in [3.05, 3.63) is 6.33 Å². The summed E-state index contributed by atoms with van der Waals surface area (Å²) in [4.78, 5) is 16.5. The summed E-state index contributed by atoms with van der Waals surface area (Å²) >= 11 is 0. The maximum atomic E-state index is 4.63. The normalized spacial score (nSPS) is 11.8. The second kappa shape index (κ2) is 6.74. The van der Waals surface area contributed by atoms with Crippen LogP contribution in [0.25, 0.3) is 11.2 Å². The van der Waals surface area contributed by atoms with Gasteiger partial charge in [-0.25, -0.2) is 4.98 Å². The van der Waals surface area contributed by atoms with E-state index in [4.69, 9.17) is 0 Å². The second-order valence-electron chi connectivity index (χ2n) is 5.39. The minimum atomic E-state index is 0.0639. The summed E-state index contributed by atoms with van der Waals surface area (Å²) in [5, 5.41) is 6.87. The van der Waals surface area contributed by atoms with Gasteiger partial charge in [-0.05, 0) is 25.7 Å². The van der Waals surface area contributed by atoms with Crippen LogP contribution in [0.2, 0.25) is 0 Å². The van der Waals surface area contributed by atoms with E-state index in [1.165, 1.54) is 0 Å². The van der Waals surface area contributed by atoms with E-state index in [-0.39, 0.29) is 5.54 Å². The Morgan fingerprint density at radius 2 is 1.81 bits per heavy atom. The fourth-order valence-corrected chi connectivity index (χ4v) is 2.51. The Hall–Kier alpha value is -1.85. The minimum Gasteiger partial charge on any atom is -0.363 e. The van der Waals surface area contributed by atoms with E-state index in [1.54, 1.807) is 6.33 Å². The fourth-order valence-electron chi connectivity index (χ4n) is 2.51. The molecule has 0 aromatic carbocycles. The van der Waals surface area contributed by atoms with Crippen LogP contribution in [0.15, 0.2) is 6.33 Å². The maximum Gasteiger partial charge on any atom is 0.226 e. The Bertz CT molecular complexity index is 564. The molecule has 0 amide bonds. The first-order valence-electron chi connectivity index (χ1n) is 7.91. The average molecular weight is 290 g/mol. The predicted octanol–water partition coefficient (Wildman–Crippen LogP) is 3.56. The smallest absolute Gasteiger partial charge is 0.226 e. The number of nitrogens with zero attached hydrogens (tertiary/aromatic N) is 3. The van der Waals surface area contributed by atoms with Gasteiger partial charge in [0.15, 0.2) is 11.5 Å². The Balaban J connectivity index is 2.38. The van der Waals surface area contributed by atoms with E-state index >= 15 is 0 Å². The van der Waals surface area contributed by atoms with Crippen LogP contribution in [0.4, 0.5) is 11.8 Å². The van der Waals surface area contributed by atoms with Gasteiger partial charge in [-0.3, -0.25) is 0 Å². The Labute approximate surface area is 126 Å². The fraction of sp³-hybridized carbons (Fsp3) is 0.667. The molecule has 0 aliphatic heterocycles. The van der Waals surface area contributed by atoms with Crippen LogP contribution in [0.3, 0.4) is 0 Å². The molecule has 2 aromatic rings. The summed E-state index contributed by atoms with van der Waals surface area (Å²) in [5.74, 6) is 1.47. The molecule has 0 aliphatic rings. The third-order valence-electron chi connectivity index (χ3n) is 4.23. The molecule has 0 bridgehead atoms. The Kier molecular flexibility index (Phi) is 4.98. The molecule has 116 valence electrons. The molecule has 6 heteroatoms. The molecule has 0 radical (unpaired) electrons. The molecule has 0 saturated heterocycles. The van der Waals surface area contributed by atoms with Crippen LogP contribution in [0.5, 0.6) is 0 Å². The summed E-state index contributed by atoms with van der Waals surface area (Å²) in [6.45, 7) is 9.61. The van der Waals surface area contributed by atoms with Gasteiger partial charge >= 0.3 is 0 Å². The lowest BCUT2D eigenvalue weighted by molar-refractivity contribution is 0.419. The summed E-state index contributed by atoms with van der Waals surface area (Å²) in [5.41, 5.74) is 1.63. The highest BCUT2D eigenvalue weighted by Gasteiger charge is 2.25. The van der Waals surface area contributed by atoms with E-state index < -0.39 is 0 Å². The average Bonchev–Trinajstić information content (AvgIpc) is 2.99. The zero-order valence-electron chi connectivity index (χ0n) is 13.5. The highest BCUT2D eigenvalue weighted by molar-refractivity contribution is 5.84.